The molecule has 0 bridgehead atoms. The quantitative estimate of drug-likeness (QED) is 0.697. The van der Waals surface area contributed by atoms with E-state index in [4.69, 9.17) is 10.5 Å². The number of nitrogen functional groups attached to an aromatic ring is 1. The van der Waals surface area contributed by atoms with Crippen LogP contribution in [-0.4, -0.2) is 12.7 Å². The van der Waals surface area contributed by atoms with Crippen LogP contribution in [0.3, 0.4) is 0 Å². The number of amides is 1. The number of halogens is 3. The number of ether oxygens (including phenoxy) is 1. The van der Waals surface area contributed by atoms with Gasteiger partial charge in [-0.15, -0.1) is 0 Å². The largest absolute Gasteiger partial charge is 0.450 e. The van der Waals surface area contributed by atoms with Gasteiger partial charge in [0.2, 0.25) is 0 Å². The van der Waals surface area contributed by atoms with Crippen LogP contribution in [0, 0.1) is 0 Å². The zero-order valence-electron chi connectivity index (χ0n) is 14.0. The average molecular weight is 365 g/mol. The molecule has 0 radical (unpaired) electrons. The molecular weight excluding hydrogens is 347 g/mol. The van der Waals surface area contributed by atoms with Crippen LogP contribution in [0.1, 0.15) is 29.7 Å². The number of hydrogen-bond acceptors (Lipinski definition) is 4. The number of carbonyl (C=O) groups is 1. The number of anilines is 3. The van der Waals surface area contributed by atoms with Gasteiger partial charge in [0.05, 0.1) is 29.6 Å². The van der Waals surface area contributed by atoms with Crippen molar-refractivity contribution < 1.29 is 22.7 Å². The van der Waals surface area contributed by atoms with Crippen LogP contribution in [0.5, 0.6) is 0 Å². The van der Waals surface area contributed by atoms with Gasteiger partial charge in [-0.25, -0.2) is 4.79 Å². The number of rotatable bonds is 3. The molecule has 0 saturated carbocycles. The number of carbonyl (C=O) groups excluding carboxylic acids is 1. The number of nitrogens with one attached hydrogen (secondary N) is 2. The second kappa shape index (κ2) is 6.78. The third-order valence-electron chi connectivity index (χ3n) is 4.18. The van der Waals surface area contributed by atoms with E-state index in [9.17, 15) is 18.0 Å². The van der Waals surface area contributed by atoms with Crippen molar-refractivity contribution in [3.63, 3.8) is 0 Å². The second-order valence-electron chi connectivity index (χ2n) is 5.96. The Bertz CT molecular complexity index is 837. The number of fused-ring (bicyclic) bond motifs is 1. The molecule has 1 heterocycles. The summed E-state index contributed by atoms with van der Waals surface area (Å²) in [6, 6.07) is 8.62. The lowest BCUT2D eigenvalue weighted by atomic mass is 10.0. The third-order valence-corrected chi connectivity index (χ3v) is 4.18. The Hall–Kier alpha value is -2.90. The first-order valence-corrected chi connectivity index (χ1v) is 8.07. The Morgan fingerprint density at radius 3 is 2.73 bits per heavy atom. The van der Waals surface area contributed by atoms with Crippen LogP contribution >= 0.6 is 0 Å². The van der Waals surface area contributed by atoms with Gasteiger partial charge in [-0.05, 0) is 48.7 Å². The summed E-state index contributed by atoms with van der Waals surface area (Å²) in [6.45, 7) is 1.94. The van der Waals surface area contributed by atoms with Crippen molar-refractivity contribution in [2.75, 3.05) is 23.0 Å². The standard InChI is InChI=1S/C18H18F3N3O2/c1-2-26-17(25)24-14-6-4-10(7-13(14)22)15-8-11-3-5-12(18(19,20)21)9-16(11)23-15/h3-7,9,15,23H,2,8,22H2,1H3,(H,24,25). The van der Waals surface area contributed by atoms with Crippen LogP contribution < -0.4 is 16.4 Å². The maximum absolute atomic E-state index is 12.8. The Balaban J connectivity index is 1.76. The summed E-state index contributed by atoms with van der Waals surface area (Å²) >= 11 is 0. The molecule has 1 aliphatic rings. The fourth-order valence-corrected chi connectivity index (χ4v) is 2.91. The number of alkyl halides is 3. The maximum atomic E-state index is 12.8. The highest BCUT2D eigenvalue weighted by Gasteiger charge is 2.32. The predicted octanol–water partition coefficient (Wildman–Crippen LogP) is 4.57. The fraction of sp³-hybridized carbons (Fsp3) is 0.278. The molecule has 0 aliphatic carbocycles. The third kappa shape index (κ3) is 3.68. The van der Waals surface area contributed by atoms with Crippen LogP contribution in [0.4, 0.5) is 35.0 Å². The van der Waals surface area contributed by atoms with Crippen LogP contribution in [0.15, 0.2) is 36.4 Å². The highest BCUT2D eigenvalue weighted by Crippen LogP contribution is 2.39. The Kier molecular flexibility index (Phi) is 4.67. The minimum atomic E-state index is -4.38. The summed E-state index contributed by atoms with van der Waals surface area (Å²) in [4.78, 5) is 11.5. The van der Waals surface area contributed by atoms with E-state index < -0.39 is 17.8 Å². The van der Waals surface area contributed by atoms with E-state index in [2.05, 4.69) is 10.6 Å². The van der Waals surface area contributed by atoms with E-state index in [0.29, 0.717) is 23.5 Å². The molecule has 1 unspecified atom stereocenters. The van der Waals surface area contributed by atoms with Gasteiger partial charge < -0.3 is 15.8 Å². The SMILES string of the molecule is CCOC(=O)Nc1ccc(C2Cc3ccc(C(F)(F)F)cc3N2)cc1N. The summed E-state index contributed by atoms with van der Waals surface area (Å²) in [6.07, 6.45) is -4.42. The molecule has 0 spiro atoms. The molecule has 8 heteroatoms. The molecule has 1 amide bonds. The van der Waals surface area contributed by atoms with Gasteiger partial charge in [-0.2, -0.15) is 13.2 Å². The monoisotopic (exact) mass is 365 g/mol. The number of hydrogen-bond donors (Lipinski definition) is 3. The molecule has 4 N–H and O–H groups in total. The summed E-state index contributed by atoms with van der Waals surface area (Å²) in [7, 11) is 0. The first-order chi connectivity index (χ1) is 12.3. The van der Waals surface area contributed by atoms with Crippen molar-refractivity contribution in [3.8, 4) is 0 Å². The van der Waals surface area contributed by atoms with Crippen molar-refractivity contribution in [2.45, 2.75) is 25.6 Å². The van der Waals surface area contributed by atoms with Gasteiger partial charge in [0.1, 0.15) is 0 Å². The highest BCUT2D eigenvalue weighted by molar-refractivity contribution is 5.89. The summed E-state index contributed by atoms with van der Waals surface area (Å²) in [5.74, 6) is 0. The van der Waals surface area contributed by atoms with Crippen LogP contribution in [-0.2, 0) is 17.3 Å². The lowest BCUT2D eigenvalue weighted by Gasteiger charge is -2.15. The van der Waals surface area contributed by atoms with Crippen molar-refractivity contribution in [2.24, 2.45) is 0 Å². The van der Waals surface area contributed by atoms with Crippen LogP contribution in [0.2, 0.25) is 0 Å². The minimum Gasteiger partial charge on any atom is -0.450 e. The summed E-state index contributed by atoms with van der Waals surface area (Å²) in [5, 5.41) is 5.64. The lowest BCUT2D eigenvalue weighted by molar-refractivity contribution is -0.137. The predicted molar refractivity (Wildman–Crippen MR) is 93.0 cm³/mol. The van der Waals surface area contributed by atoms with Gasteiger partial charge in [0.15, 0.2) is 0 Å². The first kappa shape index (κ1) is 17.9. The van der Waals surface area contributed by atoms with E-state index in [1.54, 1.807) is 25.1 Å². The van der Waals surface area contributed by atoms with Crippen molar-refractivity contribution in [3.05, 3.63) is 53.1 Å². The molecule has 5 nitrogen and oxygen atoms in total. The second-order valence-corrected chi connectivity index (χ2v) is 5.96. The molecule has 2 aromatic rings. The smallest absolute Gasteiger partial charge is 0.416 e. The van der Waals surface area contributed by atoms with Gasteiger partial charge in [-0.1, -0.05) is 12.1 Å². The fourth-order valence-electron chi connectivity index (χ4n) is 2.91. The van der Waals surface area contributed by atoms with Gasteiger partial charge in [0.25, 0.3) is 0 Å². The van der Waals surface area contributed by atoms with E-state index in [1.807, 2.05) is 0 Å². The number of nitrogens with two attached hydrogens (primary N) is 1. The van der Waals surface area contributed by atoms with Gasteiger partial charge in [-0.3, -0.25) is 5.32 Å². The minimum absolute atomic E-state index is 0.188. The van der Waals surface area contributed by atoms with Crippen molar-refractivity contribution in [1.29, 1.82) is 0 Å². The molecule has 1 atom stereocenters. The molecule has 0 saturated heterocycles. The van der Waals surface area contributed by atoms with E-state index in [-0.39, 0.29) is 12.6 Å². The van der Waals surface area contributed by atoms with Gasteiger partial charge >= 0.3 is 12.3 Å². The summed E-state index contributed by atoms with van der Waals surface area (Å²) < 4.78 is 43.3. The Morgan fingerprint density at radius 1 is 1.31 bits per heavy atom. The zero-order chi connectivity index (χ0) is 18.9. The molecule has 2 aromatic carbocycles. The summed E-state index contributed by atoms with van der Waals surface area (Å²) in [5.41, 5.74) is 8.17. The van der Waals surface area contributed by atoms with Gasteiger partial charge in [0, 0.05) is 5.69 Å². The molecular formula is C18H18F3N3O2. The molecule has 1 aliphatic heterocycles. The molecule has 3 rings (SSSR count). The normalized spacial score (nSPS) is 15.9. The molecule has 0 fully saturated rings. The first-order valence-electron chi connectivity index (χ1n) is 8.07. The van der Waals surface area contributed by atoms with Crippen molar-refractivity contribution >= 4 is 23.2 Å². The Morgan fingerprint density at radius 2 is 2.08 bits per heavy atom. The van der Waals surface area contributed by atoms with E-state index >= 15 is 0 Å². The molecule has 138 valence electrons. The Labute approximate surface area is 148 Å². The zero-order valence-corrected chi connectivity index (χ0v) is 14.0. The average Bonchev–Trinajstić information content (AvgIpc) is 2.99. The topological polar surface area (TPSA) is 76.4 Å². The van der Waals surface area contributed by atoms with Crippen molar-refractivity contribution in [1.82, 2.24) is 0 Å². The molecule has 0 aromatic heterocycles. The highest BCUT2D eigenvalue weighted by atomic mass is 19.4. The lowest BCUT2D eigenvalue weighted by Crippen LogP contribution is -2.15. The van der Waals surface area contributed by atoms with Crippen LogP contribution in [0.25, 0.3) is 0 Å². The number of benzene rings is 2. The molecule has 26 heavy (non-hydrogen) atoms. The maximum Gasteiger partial charge on any atom is 0.416 e. The van der Waals surface area contributed by atoms with E-state index in [0.717, 1.165) is 23.3 Å². The van der Waals surface area contributed by atoms with E-state index in [1.165, 1.54) is 6.07 Å².